The highest BCUT2D eigenvalue weighted by Gasteiger charge is 2.06. The van der Waals surface area contributed by atoms with Gasteiger partial charge in [-0.05, 0) is 24.1 Å². The summed E-state index contributed by atoms with van der Waals surface area (Å²) in [5.41, 5.74) is 8.35. The van der Waals surface area contributed by atoms with Crippen molar-refractivity contribution in [2.24, 2.45) is 5.73 Å². The van der Waals surface area contributed by atoms with Crippen molar-refractivity contribution < 1.29 is 9.47 Å². The standard InChI is InChI=1S/C16H28N2O2/c1-3-18(9-6-10-20-12-11-19-2)14-16-8-5-4-7-15(16)13-17/h4-5,7-8H,3,6,9-14,17H2,1-2H3. The number of rotatable bonds is 11. The van der Waals surface area contributed by atoms with Crippen LogP contribution in [-0.4, -0.2) is 44.9 Å². The molecular weight excluding hydrogens is 252 g/mol. The van der Waals surface area contributed by atoms with Crippen LogP contribution in [0, 0.1) is 0 Å². The zero-order valence-corrected chi connectivity index (χ0v) is 12.8. The number of nitrogens with two attached hydrogens (primary N) is 1. The zero-order chi connectivity index (χ0) is 14.6. The highest BCUT2D eigenvalue weighted by atomic mass is 16.5. The lowest BCUT2D eigenvalue weighted by molar-refractivity contribution is 0.0651. The first-order valence-electron chi connectivity index (χ1n) is 7.37. The summed E-state index contributed by atoms with van der Waals surface area (Å²) >= 11 is 0. The van der Waals surface area contributed by atoms with E-state index in [1.807, 2.05) is 6.07 Å². The molecule has 4 heteroatoms. The summed E-state index contributed by atoms with van der Waals surface area (Å²) in [5.74, 6) is 0. The summed E-state index contributed by atoms with van der Waals surface area (Å²) in [7, 11) is 1.69. The first-order chi connectivity index (χ1) is 9.81. The van der Waals surface area contributed by atoms with Gasteiger partial charge in [0.15, 0.2) is 0 Å². The van der Waals surface area contributed by atoms with Gasteiger partial charge in [-0.25, -0.2) is 0 Å². The Bertz CT molecular complexity index is 358. The molecule has 0 saturated heterocycles. The fourth-order valence-electron chi connectivity index (χ4n) is 2.14. The Morgan fingerprint density at radius 1 is 1.10 bits per heavy atom. The number of nitrogens with zero attached hydrogens (tertiary/aromatic N) is 1. The van der Waals surface area contributed by atoms with Crippen LogP contribution in [0.5, 0.6) is 0 Å². The van der Waals surface area contributed by atoms with Crippen LogP contribution in [0.15, 0.2) is 24.3 Å². The fourth-order valence-corrected chi connectivity index (χ4v) is 2.14. The van der Waals surface area contributed by atoms with Crippen LogP contribution in [0.2, 0.25) is 0 Å². The van der Waals surface area contributed by atoms with Crippen molar-refractivity contribution in [2.75, 3.05) is 40.0 Å². The SMILES string of the molecule is CCN(CCCOCCOC)Cc1ccccc1CN. The van der Waals surface area contributed by atoms with Gasteiger partial charge in [-0.15, -0.1) is 0 Å². The van der Waals surface area contributed by atoms with Gasteiger partial charge in [0, 0.05) is 33.4 Å². The van der Waals surface area contributed by atoms with Crippen molar-refractivity contribution in [3.05, 3.63) is 35.4 Å². The predicted octanol–water partition coefficient (Wildman–Crippen LogP) is 2.02. The third-order valence-corrected chi connectivity index (χ3v) is 3.37. The van der Waals surface area contributed by atoms with Crippen molar-refractivity contribution in [1.82, 2.24) is 4.90 Å². The molecule has 114 valence electrons. The molecule has 4 nitrogen and oxygen atoms in total. The van der Waals surface area contributed by atoms with Crippen molar-refractivity contribution >= 4 is 0 Å². The predicted molar refractivity (Wildman–Crippen MR) is 82.6 cm³/mol. The minimum absolute atomic E-state index is 0.605. The summed E-state index contributed by atoms with van der Waals surface area (Å²) in [4.78, 5) is 2.42. The molecule has 0 aliphatic heterocycles. The second-order valence-electron chi connectivity index (χ2n) is 4.80. The largest absolute Gasteiger partial charge is 0.382 e. The number of hydrogen-bond acceptors (Lipinski definition) is 4. The molecule has 0 fully saturated rings. The molecule has 0 radical (unpaired) electrons. The van der Waals surface area contributed by atoms with E-state index in [2.05, 4.69) is 30.0 Å². The van der Waals surface area contributed by atoms with Crippen LogP contribution in [0.3, 0.4) is 0 Å². The van der Waals surface area contributed by atoms with E-state index in [0.717, 1.165) is 32.7 Å². The van der Waals surface area contributed by atoms with Crippen molar-refractivity contribution in [3.63, 3.8) is 0 Å². The molecule has 20 heavy (non-hydrogen) atoms. The maximum absolute atomic E-state index is 5.79. The van der Waals surface area contributed by atoms with E-state index in [1.165, 1.54) is 11.1 Å². The van der Waals surface area contributed by atoms with E-state index >= 15 is 0 Å². The highest BCUT2D eigenvalue weighted by Crippen LogP contribution is 2.11. The topological polar surface area (TPSA) is 47.7 Å². The molecule has 0 aliphatic rings. The second kappa shape index (κ2) is 10.8. The van der Waals surface area contributed by atoms with E-state index in [4.69, 9.17) is 15.2 Å². The van der Waals surface area contributed by atoms with Crippen molar-refractivity contribution in [1.29, 1.82) is 0 Å². The van der Waals surface area contributed by atoms with Gasteiger partial charge < -0.3 is 15.2 Å². The Labute approximate surface area is 122 Å². The summed E-state index contributed by atoms with van der Waals surface area (Å²) in [6, 6.07) is 8.40. The van der Waals surface area contributed by atoms with Gasteiger partial charge in [0.2, 0.25) is 0 Å². The smallest absolute Gasteiger partial charge is 0.0700 e. The Balaban J connectivity index is 2.31. The van der Waals surface area contributed by atoms with Crippen molar-refractivity contribution in [2.45, 2.75) is 26.4 Å². The Morgan fingerprint density at radius 2 is 1.85 bits per heavy atom. The van der Waals surface area contributed by atoms with Crippen LogP contribution < -0.4 is 5.73 Å². The van der Waals surface area contributed by atoms with E-state index in [-0.39, 0.29) is 0 Å². The molecule has 1 aromatic rings. The first-order valence-corrected chi connectivity index (χ1v) is 7.37. The van der Waals surface area contributed by atoms with Gasteiger partial charge in [0.05, 0.1) is 13.2 Å². The van der Waals surface area contributed by atoms with Crippen molar-refractivity contribution in [3.8, 4) is 0 Å². The van der Waals surface area contributed by atoms with Gasteiger partial charge >= 0.3 is 0 Å². The monoisotopic (exact) mass is 280 g/mol. The fraction of sp³-hybridized carbons (Fsp3) is 0.625. The zero-order valence-electron chi connectivity index (χ0n) is 12.8. The molecule has 0 amide bonds. The lowest BCUT2D eigenvalue weighted by Crippen LogP contribution is -2.26. The Morgan fingerprint density at radius 3 is 2.50 bits per heavy atom. The van der Waals surface area contributed by atoms with Gasteiger partial charge in [-0.2, -0.15) is 0 Å². The number of hydrogen-bond donors (Lipinski definition) is 1. The molecule has 0 aliphatic carbocycles. The number of ether oxygens (including phenoxy) is 2. The van der Waals surface area contributed by atoms with Crippen LogP contribution in [0.4, 0.5) is 0 Å². The summed E-state index contributed by atoms with van der Waals surface area (Å²) in [6.07, 6.45) is 1.04. The molecular formula is C16H28N2O2. The van der Waals surface area contributed by atoms with E-state index in [1.54, 1.807) is 7.11 Å². The first kappa shape index (κ1) is 17.1. The molecule has 0 spiro atoms. The quantitative estimate of drug-likeness (QED) is 0.630. The van der Waals surface area contributed by atoms with Crippen LogP contribution >= 0.6 is 0 Å². The van der Waals surface area contributed by atoms with Gasteiger partial charge in [0.25, 0.3) is 0 Å². The molecule has 0 atom stereocenters. The molecule has 0 bridgehead atoms. The molecule has 0 saturated carbocycles. The lowest BCUT2D eigenvalue weighted by Gasteiger charge is -2.21. The number of methoxy groups -OCH3 is 1. The molecule has 1 rings (SSSR count). The Kier molecular flexibility index (Phi) is 9.24. The van der Waals surface area contributed by atoms with E-state index in [0.29, 0.717) is 19.8 Å². The lowest BCUT2D eigenvalue weighted by atomic mass is 10.1. The molecule has 0 aromatic heterocycles. The van der Waals surface area contributed by atoms with E-state index < -0.39 is 0 Å². The van der Waals surface area contributed by atoms with Gasteiger partial charge in [0.1, 0.15) is 0 Å². The summed E-state index contributed by atoms with van der Waals surface area (Å²) in [6.45, 7) is 7.98. The molecule has 0 unspecified atom stereocenters. The highest BCUT2D eigenvalue weighted by molar-refractivity contribution is 5.26. The normalized spacial score (nSPS) is 11.2. The minimum Gasteiger partial charge on any atom is -0.382 e. The maximum atomic E-state index is 5.79. The third-order valence-electron chi connectivity index (χ3n) is 3.37. The van der Waals surface area contributed by atoms with Gasteiger partial charge in [-0.3, -0.25) is 4.90 Å². The minimum atomic E-state index is 0.605. The summed E-state index contributed by atoms with van der Waals surface area (Å²) < 4.78 is 10.4. The van der Waals surface area contributed by atoms with Crippen LogP contribution in [-0.2, 0) is 22.6 Å². The molecule has 1 aromatic carbocycles. The van der Waals surface area contributed by atoms with Gasteiger partial charge in [-0.1, -0.05) is 31.2 Å². The van der Waals surface area contributed by atoms with E-state index in [9.17, 15) is 0 Å². The average Bonchev–Trinajstić information content (AvgIpc) is 2.50. The Hall–Kier alpha value is -0.940. The average molecular weight is 280 g/mol. The van der Waals surface area contributed by atoms with Crippen LogP contribution in [0.25, 0.3) is 0 Å². The molecule has 2 N–H and O–H groups in total. The second-order valence-corrected chi connectivity index (χ2v) is 4.80. The third kappa shape index (κ3) is 6.48. The maximum Gasteiger partial charge on any atom is 0.0700 e. The van der Waals surface area contributed by atoms with Crippen LogP contribution in [0.1, 0.15) is 24.5 Å². The summed E-state index contributed by atoms with van der Waals surface area (Å²) in [5, 5.41) is 0. The molecule has 0 heterocycles. The number of benzene rings is 1.